The second-order valence-electron chi connectivity index (χ2n) is 4.50. The minimum Gasteiger partial charge on any atom is -0.322 e. The van der Waals surface area contributed by atoms with Crippen LogP contribution in [-0.4, -0.2) is 10.5 Å². The highest BCUT2D eigenvalue weighted by molar-refractivity contribution is 6.31. The third-order valence-corrected chi connectivity index (χ3v) is 3.16. The quantitative estimate of drug-likeness (QED) is 0.865. The first kappa shape index (κ1) is 17.0. The first-order chi connectivity index (χ1) is 10.7. The van der Waals surface area contributed by atoms with Crippen molar-refractivity contribution in [2.24, 2.45) is 0 Å². The minimum absolute atomic E-state index is 0.223. The van der Waals surface area contributed by atoms with Crippen molar-refractivity contribution in [3.05, 3.63) is 63.3 Å². The monoisotopic (exact) mass is 348 g/mol. The number of halogens is 5. The van der Waals surface area contributed by atoms with Crippen molar-refractivity contribution < 1.29 is 22.4 Å². The molecule has 0 atom stereocenters. The van der Waals surface area contributed by atoms with E-state index >= 15 is 0 Å². The van der Waals surface area contributed by atoms with Crippen molar-refractivity contribution in [3.63, 3.8) is 0 Å². The van der Waals surface area contributed by atoms with Crippen LogP contribution in [0.15, 0.2) is 41.3 Å². The molecule has 1 aromatic heterocycles. The van der Waals surface area contributed by atoms with Crippen LogP contribution in [0.3, 0.4) is 0 Å². The molecule has 2 aromatic rings. The third kappa shape index (κ3) is 3.89. The number of pyridine rings is 1. The number of nitrogens with zero attached hydrogens (tertiary/aromatic N) is 1. The summed E-state index contributed by atoms with van der Waals surface area (Å²) in [5.41, 5.74) is -2.98. The zero-order chi connectivity index (χ0) is 17.2. The summed E-state index contributed by atoms with van der Waals surface area (Å²) < 4.78 is 52.1. The van der Waals surface area contributed by atoms with Crippen LogP contribution in [0.5, 0.6) is 0 Å². The summed E-state index contributed by atoms with van der Waals surface area (Å²) in [4.78, 5) is 23.5. The standard InChI is InChI=1S/C14H9ClF4N2O2/c15-9-4-1-5-10(12(9)16)20-11(22)7-21-6-2-3-8(13(21)23)14(17,18)19/h1-6H,7H2,(H,20,22). The molecule has 2 rings (SSSR count). The summed E-state index contributed by atoms with van der Waals surface area (Å²) >= 11 is 5.55. The van der Waals surface area contributed by atoms with E-state index in [2.05, 4.69) is 5.32 Å². The number of hydrogen-bond donors (Lipinski definition) is 1. The van der Waals surface area contributed by atoms with Crippen LogP contribution in [0, 0.1) is 5.82 Å². The molecule has 0 radical (unpaired) electrons. The maximum atomic E-state index is 13.6. The largest absolute Gasteiger partial charge is 0.421 e. The molecule has 23 heavy (non-hydrogen) atoms. The third-order valence-electron chi connectivity index (χ3n) is 2.87. The molecule has 0 fully saturated rings. The summed E-state index contributed by atoms with van der Waals surface area (Å²) in [5, 5.41) is 1.92. The molecule has 1 N–H and O–H groups in total. The normalized spacial score (nSPS) is 11.3. The molecular weight excluding hydrogens is 340 g/mol. The van der Waals surface area contributed by atoms with Crippen molar-refractivity contribution in [3.8, 4) is 0 Å². The Hall–Kier alpha value is -2.35. The van der Waals surface area contributed by atoms with Crippen molar-refractivity contribution in [1.82, 2.24) is 4.57 Å². The Morgan fingerprint density at radius 3 is 2.57 bits per heavy atom. The van der Waals surface area contributed by atoms with Crippen molar-refractivity contribution in [1.29, 1.82) is 0 Å². The Kier molecular flexibility index (Phi) is 4.74. The van der Waals surface area contributed by atoms with Gasteiger partial charge in [0.05, 0.1) is 10.7 Å². The maximum Gasteiger partial charge on any atom is 0.421 e. The number of carbonyl (C=O) groups is 1. The number of alkyl halides is 3. The van der Waals surface area contributed by atoms with Gasteiger partial charge in [-0.1, -0.05) is 17.7 Å². The van der Waals surface area contributed by atoms with Gasteiger partial charge in [0.2, 0.25) is 5.91 Å². The molecule has 0 unspecified atom stereocenters. The Morgan fingerprint density at radius 1 is 1.22 bits per heavy atom. The lowest BCUT2D eigenvalue weighted by molar-refractivity contribution is -0.139. The molecule has 0 aliphatic heterocycles. The Bertz CT molecular complexity index is 802. The van der Waals surface area contributed by atoms with E-state index in [1.807, 2.05) is 0 Å². The molecule has 0 spiro atoms. The van der Waals surface area contributed by atoms with Crippen LogP contribution in [-0.2, 0) is 17.5 Å². The van der Waals surface area contributed by atoms with Crippen LogP contribution >= 0.6 is 11.6 Å². The van der Waals surface area contributed by atoms with Gasteiger partial charge in [-0.3, -0.25) is 9.59 Å². The summed E-state index contributed by atoms with van der Waals surface area (Å²) in [6.45, 7) is -0.700. The molecule has 1 amide bonds. The van der Waals surface area contributed by atoms with Gasteiger partial charge in [-0.25, -0.2) is 4.39 Å². The number of rotatable bonds is 3. The number of anilines is 1. The number of benzene rings is 1. The van der Waals surface area contributed by atoms with E-state index in [1.165, 1.54) is 18.2 Å². The minimum atomic E-state index is -4.82. The lowest BCUT2D eigenvalue weighted by atomic mass is 10.2. The van der Waals surface area contributed by atoms with E-state index in [4.69, 9.17) is 11.6 Å². The lowest BCUT2D eigenvalue weighted by Crippen LogP contribution is -2.32. The van der Waals surface area contributed by atoms with Crippen LogP contribution < -0.4 is 10.9 Å². The van der Waals surface area contributed by atoms with Crippen LogP contribution in [0.25, 0.3) is 0 Å². The fourth-order valence-corrected chi connectivity index (χ4v) is 2.00. The predicted octanol–water partition coefficient (Wildman–Crippen LogP) is 3.30. The smallest absolute Gasteiger partial charge is 0.322 e. The summed E-state index contributed by atoms with van der Waals surface area (Å²) in [7, 11) is 0. The van der Waals surface area contributed by atoms with Crippen LogP contribution in [0.2, 0.25) is 5.02 Å². The zero-order valence-corrected chi connectivity index (χ0v) is 12.1. The van der Waals surface area contributed by atoms with Crippen molar-refractivity contribution >= 4 is 23.2 Å². The predicted molar refractivity (Wildman–Crippen MR) is 75.7 cm³/mol. The molecule has 122 valence electrons. The van der Waals surface area contributed by atoms with Gasteiger partial charge in [-0.2, -0.15) is 13.2 Å². The highest BCUT2D eigenvalue weighted by atomic mass is 35.5. The van der Waals surface area contributed by atoms with Gasteiger partial charge in [-0.15, -0.1) is 0 Å². The van der Waals surface area contributed by atoms with E-state index in [9.17, 15) is 27.2 Å². The van der Waals surface area contributed by atoms with Gasteiger partial charge in [0, 0.05) is 6.20 Å². The van der Waals surface area contributed by atoms with Crippen LogP contribution in [0.1, 0.15) is 5.56 Å². The maximum absolute atomic E-state index is 13.6. The fourth-order valence-electron chi connectivity index (χ4n) is 1.82. The molecule has 0 saturated heterocycles. The average Bonchev–Trinajstić information content (AvgIpc) is 2.45. The molecule has 0 bridgehead atoms. The Morgan fingerprint density at radius 2 is 1.91 bits per heavy atom. The zero-order valence-electron chi connectivity index (χ0n) is 11.3. The first-order valence-corrected chi connectivity index (χ1v) is 6.58. The molecule has 4 nitrogen and oxygen atoms in total. The Labute approximate surface area is 132 Å². The summed E-state index contributed by atoms with van der Waals surface area (Å²) in [6, 6.07) is 5.50. The SMILES string of the molecule is O=C(Cn1cccc(C(F)(F)F)c1=O)Nc1cccc(Cl)c1F. The van der Waals surface area contributed by atoms with Gasteiger partial charge in [0.15, 0.2) is 5.82 Å². The summed E-state index contributed by atoms with van der Waals surface area (Å²) in [5.74, 6) is -1.74. The van der Waals surface area contributed by atoms with Gasteiger partial charge < -0.3 is 9.88 Å². The van der Waals surface area contributed by atoms with E-state index < -0.39 is 35.6 Å². The van der Waals surface area contributed by atoms with Crippen molar-refractivity contribution in [2.75, 3.05) is 5.32 Å². The van der Waals surface area contributed by atoms with E-state index in [-0.39, 0.29) is 10.7 Å². The lowest BCUT2D eigenvalue weighted by Gasteiger charge is -2.11. The highest BCUT2D eigenvalue weighted by Gasteiger charge is 2.34. The van der Waals surface area contributed by atoms with Gasteiger partial charge in [0.1, 0.15) is 12.1 Å². The van der Waals surface area contributed by atoms with E-state index in [1.54, 1.807) is 0 Å². The number of amides is 1. The number of nitrogens with one attached hydrogen (secondary N) is 1. The second-order valence-corrected chi connectivity index (χ2v) is 4.91. The summed E-state index contributed by atoms with van der Waals surface area (Å²) in [6.07, 6.45) is -3.79. The first-order valence-electron chi connectivity index (χ1n) is 6.20. The molecule has 1 aromatic carbocycles. The van der Waals surface area contributed by atoms with E-state index in [0.29, 0.717) is 10.6 Å². The van der Waals surface area contributed by atoms with Crippen molar-refractivity contribution in [2.45, 2.75) is 12.7 Å². The second kappa shape index (κ2) is 6.41. The van der Waals surface area contributed by atoms with Gasteiger partial charge >= 0.3 is 6.18 Å². The fraction of sp³-hybridized carbons (Fsp3) is 0.143. The topological polar surface area (TPSA) is 51.1 Å². The van der Waals surface area contributed by atoms with Crippen LogP contribution in [0.4, 0.5) is 23.2 Å². The average molecular weight is 349 g/mol. The molecule has 9 heteroatoms. The number of hydrogen-bond acceptors (Lipinski definition) is 2. The Balaban J connectivity index is 2.22. The molecular formula is C14H9ClF4N2O2. The molecule has 1 heterocycles. The number of aromatic nitrogens is 1. The van der Waals surface area contributed by atoms with E-state index in [0.717, 1.165) is 12.3 Å². The molecule has 0 aliphatic carbocycles. The highest BCUT2D eigenvalue weighted by Crippen LogP contribution is 2.26. The molecule has 0 saturated carbocycles. The van der Waals surface area contributed by atoms with Gasteiger partial charge in [-0.05, 0) is 24.3 Å². The van der Waals surface area contributed by atoms with Gasteiger partial charge in [0.25, 0.3) is 5.56 Å². The molecule has 0 aliphatic rings. The number of carbonyl (C=O) groups excluding carboxylic acids is 1.